The summed E-state index contributed by atoms with van der Waals surface area (Å²) in [5.74, 6) is -4.55. The smallest absolute Gasteiger partial charge is 0.416 e. The Morgan fingerprint density at radius 1 is 1.38 bits per heavy atom. The van der Waals surface area contributed by atoms with E-state index in [0.717, 1.165) is 13.2 Å². The summed E-state index contributed by atoms with van der Waals surface area (Å²) < 4.78 is 69.4. The van der Waals surface area contributed by atoms with Crippen LogP contribution in [-0.2, 0) is 16.3 Å². The van der Waals surface area contributed by atoms with E-state index in [9.17, 15) is 26.7 Å². The van der Waals surface area contributed by atoms with Gasteiger partial charge < -0.3 is 4.74 Å². The summed E-state index contributed by atoms with van der Waals surface area (Å²) in [5, 5.41) is 8.95. The number of esters is 1. The van der Waals surface area contributed by atoms with Gasteiger partial charge in [0.05, 0.1) is 24.3 Å². The van der Waals surface area contributed by atoms with E-state index in [4.69, 9.17) is 5.26 Å². The summed E-state index contributed by atoms with van der Waals surface area (Å²) in [6, 6.07) is 3.08. The summed E-state index contributed by atoms with van der Waals surface area (Å²) in [6.07, 6.45) is -5.70. The zero-order valence-corrected chi connectivity index (χ0v) is 10.6. The Morgan fingerprint density at radius 2 is 1.95 bits per heavy atom. The minimum atomic E-state index is -4.77. The van der Waals surface area contributed by atoms with Gasteiger partial charge in [-0.05, 0) is 23.8 Å². The lowest BCUT2D eigenvalue weighted by molar-refractivity contribution is -0.137. The number of carbonyl (C=O) groups is 1. The predicted octanol–water partition coefficient (Wildman–Crippen LogP) is 3.29. The summed E-state index contributed by atoms with van der Waals surface area (Å²) in [7, 11) is 0.966. The molecule has 0 amide bonds. The summed E-state index contributed by atoms with van der Waals surface area (Å²) in [6.45, 7) is 0. The number of ether oxygens (including phenoxy) is 1. The number of halogens is 5. The number of carbonyl (C=O) groups excluding carboxylic acids is 1. The lowest BCUT2D eigenvalue weighted by atomic mass is 9.90. The molecule has 0 heterocycles. The molecule has 1 atom stereocenters. The zero-order chi connectivity index (χ0) is 16.1. The standard InChI is InChI=1S/C13H8F5NO2/c1-21-10(20)8-3-2-7(13(16,17)18)4-9(8)11(6-19)5-12(11,14)15/h2-4H,5H2,1H3. The van der Waals surface area contributed by atoms with Crippen LogP contribution in [0.4, 0.5) is 22.0 Å². The van der Waals surface area contributed by atoms with Crippen molar-refractivity contribution in [2.24, 2.45) is 0 Å². The number of methoxy groups -OCH3 is 1. The fraction of sp³-hybridized carbons (Fsp3) is 0.385. The first kappa shape index (κ1) is 15.2. The Morgan fingerprint density at radius 3 is 2.33 bits per heavy atom. The summed E-state index contributed by atoms with van der Waals surface area (Å²) in [5.41, 5.74) is -4.75. The number of hydrogen-bond donors (Lipinski definition) is 0. The van der Waals surface area contributed by atoms with Gasteiger partial charge in [-0.1, -0.05) is 0 Å². The number of rotatable bonds is 2. The quantitative estimate of drug-likeness (QED) is 0.622. The second-order valence-corrected chi connectivity index (χ2v) is 4.65. The monoisotopic (exact) mass is 305 g/mol. The van der Waals surface area contributed by atoms with Gasteiger partial charge in [-0.25, -0.2) is 13.6 Å². The highest BCUT2D eigenvalue weighted by Crippen LogP contribution is 2.62. The molecule has 2 rings (SSSR count). The van der Waals surface area contributed by atoms with Crippen LogP contribution in [0.1, 0.15) is 27.9 Å². The van der Waals surface area contributed by atoms with Gasteiger partial charge in [-0.15, -0.1) is 0 Å². The Kier molecular flexibility index (Phi) is 3.20. The van der Waals surface area contributed by atoms with Crippen LogP contribution in [0.3, 0.4) is 0 Å². The van der Waals surface area contributed by atoms with Crippen molar-refractivity contribution < 1.29 is 31.5 Å². The number of nitrogens with zero attached hydrogens (tertiary/aromatic N) is 1. The number of alkyl halides is 5. The fourth-order valence-corrected chi connectivity index (χ4v) is 2.12. The molecule has 1 unspecified atom stereocenters. The van der Waals surface area contributed by atoms with Crippen molar-refractivity contribution in [3.8, 4) is 6.07 Å². The minimum Gasteiger partial charge on any atom is -0.465 e. The number of benzene rings is 1. The zero-order valence-electron chi connectivity index (χ0n) is 10.6. The molecule has 1 fully saturated rings. The molecule has 1 aromatic carbocycles. The molecule has 21 heavy (non-hydrogen) atoms. The van der Waals surface area contributed by atoms with Gasteiger partial charge in [-0.3, -0.25) is 0 Å². The van der Waals surface area contributed by atoms with Gasteiger partial charge >= 0.3 is 12.1 Å². The van der Waals surface area contributed by atoms with E-state index in [2.05, 4.69) is 4.74 Å². The summed E-state index contributed by atoms with van der Waals surface area (Å²) >= 11 is 0. The van der Waals surface area contributed by atoms with Crippen molar-refractivity contribution in [2.75, 3.05) is 7.11 Å². The van der Waals surface area contributed by atoms with Crippen molar-refractivity contribution in [1.82, 2.24) is 0 Å². The van der Waals surface area contributed by atoms with E-state index in [0.29, 0.717) is 12.1 Å². The molecule has 8 heteroatoms. The molecular weight excluding hydrogens is 297 g/mol. The van der Waals surface area contributed by atoms with Crippen molar-refractivity contribution in [3.05, 3.63) is 34.9 Å². The highest BCUT2D eigenvalue weighted by atomic mass is 19.4. The molecular formula is C13H8F5NO2. The second-order valence-electron chi connectivity index (χ2n) is 4.65. The van der Waals surface area contributed by atoms with E-state index in [1.165, 1.54) is 6.07 Å². The Bertz CT molecular complexity index is 647. The van der Waals surface area contributed by atoms with Crippen molar-refractivity contribution >= 4 is 5.97 Å². The molecule has 0 aliphatic heterocycles. The average Bonchev–Trinajstić information content (AvgIpc) is 2.99. The number of hydrogen-bond acceptors (Lipinski definition) is 3. The Hall–Kier alpha value is -2.17. The van der Waals surface area contributed by atoms with E-state index >= 15 is 0 Å². The first-order valence-corrected chi connectivity index (χ1v) is 5.68. The van der Waals surface area contributed by atoms with Gasteiger partial charge in [0, 0.05) is 6.42 Å². The predicted molar refractivity (Wildman–Crippen MR) is 59.6 cm³/mol. The molecule has 1 aromatic rings. The second kappa shape index (κ2) is 4.41. The lowest BCUT2D eigenvalue weighted by Crippen LogP contribution is -2.20. The van der Waals surface area contributed by atoms with Crippen molar-refractivity contribution in [1.29, 1.82) is 5.26 Å². The lowest BCUT2D eigenvalue weighted by Gasteiger charge is -2.15. The largest absolute Gasteiger partial charge is 0.465 e. The van der Waals surface area contributed by atoms with E-state index < -0.39 is 46.6 Å². The van der Waals surface area contributed by atoms with E-state index in [-0.39, 0.29) is 0 Å². The van der Waals surface area contributed by atoms with Crippen LogP contribution >= 0.6 is 0 Å². The van der Waals surface area contributed by atoms with Crippen LogP contribution < -0.4 is 0 Å². The molecule has 0 spiro atoms. The highest BCUT2D eigenvalue weighted by molar-refractivity contribution is 5.92. The molecule has 3 nitrogen and oxygen atoms in total. The third-order valence-corrected chi connectivity index (χ3v) is 3.39. The molecule has 0 N–H and O–H groups in total. The number of nitriles is 1. The van der Waals surface area contributed by atoms with Gasteiger partial charge in [0.25, 0.3) is 5.92 Å². The normalized spacial score (nSPS) is 23.3. The SMILES string of the molecule is COC(=O)c1ccc(C(F)(F)F)cc1C1(C#N)CC1(F)F. The first-order valence-electron chi connectivity index (χ1n) is 5.68. The van der Waals surface area contributed by atoms with E-state index in [1.54, 1.807) is 0 Å². The fourth-order valence-electron chi connectivity index (χ4n) is 2.12. The van der Waals surface area contributed by atoms with Crippen molar-refractivity contribution in [3.63, 3.8) is 0 Å². The topological polar surface area (TPSA) is 50.1 Å². The van der Waals surface area contributed by atoms with Crippen LogP contribution in [0.15, 0.2) is 18.2 Å². The highest BCUT2D eigenvalue weighted by Gasteiger charge is 2.74. The van der Waals surface area contributed by atoms with E-state index in [1.807, 2.05) is 0 Å². The third-order valence-electron chi connectivity index (χ3n) is 3.39. The van der Waals surface area contributed by atoms with Crippen LogP contribution in [0.2, 0.25) is 0 Å². The molecule has 1 saturated carbocycles. The maximum Gasteiger partial charge on any atom is 0.416 e. The molecule has 0 radical (unpaired) electrons. The molecule has 1 aliphatic rings. The average molecular weight is 305 g/mol. The van der Waals surface area contributed by atoms with Gasteiger partial charge in [-0.2, -0.15) is 18.4 Å². The third kappa shape index (κ3) is 2.22. The van der Waals surface area contributed by atoms with Gasteiger partial charge in [0.2, 0.25) is 0 Å². The Labute approximate surface area is 115 Å². The van der Waals surface area contributed by atoms with Crippen LogP contribution in [0, 0.1) is 11.3 Å². The summed E-state index contributed by atoms with van der Waals surface area (Å²) in [4.78, 5) is 11.5. The minimum absolute atomic E-state index is 0.413. The van der Waals surface area contributed by atoms with Gasteiger partial charge in [0.1, 0.15) is 0 Å². The van der Waals surface area contributed by atoms with Crippen LogP contribution in [-0.4, -0.2) is 19.0 Å². The molecule has 0 bridgehead atoms. The van der Waals surface area contributed by atoms with Crippen molar-refractivity contribution in [2.45, 2.75) is 23.9 Å². The first-order chi connectivity index (χ1) is 9.59. The molecule has 112 valence electrons. The van der Waals surface area contributed by atoms with Crippen LogP contribution in [0.5, 0.6) is 0 Å². The maximum absolute atomic E-state index is 13.5. The van der Waals surface area contributed by atoms with Crippen LogP contribution in [0.25, 0.3) is 0 Å². The maximum atomic E-state index is 13.5. The molecule has 0 saturated heterocycles. The molecule has 1 aliphatic carbocycles. The molecule has 0 aromatic heterocycles. The Balaban J connectivity index is 2.67. The van der Waals surface area contributed by atoms with Gasteiger partial charge in [0.15, 0.2) is 5.41 Å².